The fourth-order valence-electron chi connectivity index (χ4n) is 1.97. The highest BCUT2D eigenvalue weighted by Gasteiger charge is 2.37. The number of hydrogen-bond acceptors (Lipinski definition) is 0. The van der Waals surface area contributed by atoms with Crippen LogP contribution < -0.4 is 0 Å². The average Bonchev–Trinajstić information content (AvgIpc) is 2.50. The summed E-state index contributed by atoms with van der Waals surface area (Å²) in [5.41, 5.74) is -4.40. The number of benzene rings is 2. The topological polar surface area (TPSA) is 0 Å². The molecule has 0 aliphatic heterocycles. The third-order valence-electron chi connectivity index (χ3n) is 3.02. The van der Waals surface area contributed by atoms with E-state index < -0.39 is 52.0 Å². The summed E-state index contributed by atoms with van der Waals surface area (Å²) < 4.78 is 106. The van der Waals surface area contributed by atoms with Crippen molar-refractivity contribution in [1.29, 1.82) is 0 Å². The normalized spacial score (nSPS) is 11.9. The molecule has 0 aliphatic carbocycles. The van der Waals surface area contributed by atoms with Gasteiger partial charge in [-0.15, -0.1) is 11.6 Å². The molecule has 0 saturated carbocycles. The van der Waals surface area contributed by atoms with Gasteiger partial charge in [-0.3, -0.25) is 0 Å². The minimum absolute atomic E-state index is 0.0355. The summed E-state index contributed by atoms with van der Waals surface area (Å²) in [5.74, 6) is -12.1. The summed E-state index contributed by atoms with van der Waals surface area (Å²) in [6, 6.07) is 2.09. The Balaban J connectivity index is 2.88. The molecule has 0 bridgehead atoms. The maximum Gasteiger partial charge on any atom is 0.417 e. The Bertz CT molecular complexity index is 737. The van der Waals surface area contributed by atoms with Crippen LogP contribution in [0.5, 0.6) is 0 Å². The molecule has 0 N–H and O–H groups in total. The zero-order chi connectivity index (χ0) is 17.5. The summed E-state index contributed by atoms with van der Waals surface area (Å²) in [7, 11) is 0. The molecule has 0 aromatic heterocycles. The number of halogens is 9. The minimum Gasteiger partial charge on any atom is -0.203 e. The molecule has 124 valence electrons. The van der Waals surface area contributed by atoms with Gasteiger partial charge >= 0.3 is 6.18 Å². The Morgan fingerprint density at radius 3 is 1.70 bits per heavy atom. The van der Waals surface area contributed by atoms with Gasteiger partial charge in [0.05, 0.1) is 11.1 Å². The van der Waals surface area contributed by atoms with E-state index in [1.54, 1.807) is 0 Å². The molecule has 0 amide bonds. The van der Waals surface area contributed by atoms with Crippen LogP contribution in [0.3, 0.4) is 0 Å². The standard InChI is InChI=1S/C14H5ClF8/c15-4-5-1-2-6(7(3-5)14(21,22)23)8-9(16)11(18)13(20)12(19)10(8)17/h1-3H,4H2. The molecule has 2 aromatic carbocycles. The van der Waals surface area contributed by atoms with Crippen molar-refractivity contribution in [2.45, 2.75) is 12.1 Å². The predicted octanol–water partition coefficient (Wildman–Crippen LogP) is 5.81. The molecule has 23 heavy (non-hydrogen) atoms. The fraction of sp³-hybridized carbons (Fsp3) is 0.143. The van der Waals surface area contributed by atoms with E-state index in [0.29, 0.717) is 12.1 Å². The van der Waals surface area contributed by atoms with Crippen LogP contribution in [-0.4, -0.2) is 0 Å². The van der Waals surface area contributed by atoms with E-state index in [2.05, 4.69) is 0 Å². The van der Waals surface area contributed by atoms with E-state index in [4.69, 9.17) is 11.6 Å². The van der Waals surface area contributed by atoms with Gasteiger partial charge in [0.25, 0.3) is 0 Å². The highest BCUT2D eigenvalue weighted by molar-refractivity contribution is 6.17. The van der Waals surface area contributed by atoms with E-state index in [-0.39, 0.29) is 11.4 Å². The van der Waals surface area contributed by atoms with Gasteiger partial charge in [0.2, 0.25) is 5.82 Å². The Hall–Kier alpha value is -1.83. The summed E-state index contributed by atoms with van der Waals surface area (Å²) in [6.07, 6.45) is -5.09. The van der Waals surface area contributed by atoms with Crippen LogP contribution in [0.15, 0.2) is 18.2 Å². The highest BCUT2D eigenvalue weighted by atomic mass is 35.5. The molecule has 0 atom stereocenters. The lowest BCUT2D eigenvalue weighted by Crippen LogP contribution is -2.11. The average molecular weight is 361 g/mol. The Kier molecular flexibility index (Phi) is 4.57. The SMILES string of the molecule is Fc1c(F)c(F)c(-c2ccc(CCl)cc2C(F)(F)F)c(F)c1F. The summed E-state index contributed by atoms with van der Waals surface area (Å²) >= 11 is 5.40. The first-order valence-corrected chi connectivity index (χ1v) is 6.41. The quantitative estimate of drug-likeness (QED) is 0.274. The van der Waals surface area contributed by atoms with Gasteiger partial charge < -0.3 is 0 Å². The lowest BCUT2D eigenvalue weighted by molar-refractivity contribution is -0.137. The van der Waals surface area contributed by atoms with Crippen LogP contribution >= 0.6 is 11.6 Å². The molecule has 2 rings (SSSR count). The summed E-state index contributed by atoms with van der Waals surface area (Å²) in [4.78, 5) is 0. The first-order chi connectivity index (χ1) is 10.6. The van der Waals surface area contributed by atoms with Gasteiger partial charge in [0, 0.05) is 5.88 Å². The molecule has 0 spiro atoms. The Morgan fingerprint density at radius 1 is 0.783 bits per heavy atom. The van der Waals surface area contributed by atoms with Gasteiger partial charge in [0.15, 0.2) is 23.3 Å². The molecule has 0 radical (unpaired) electrons. The van der Waals surface area contributed by atoms with Gasteiger partial charge in [-0.25, -0.2) is 22.0 Å². The van der Waals surface area contributed by atoms with E-state index in [0.717, 1.165) is 6.07 Å². The zero-order valence-electron chi connectivity index (χ0n) is 10.8. The molecule has 0 heterocycles. The lowest BCUT2D eigenvalue weighted by atomic mass is 9.96. The molecule has 0 aliphatic rings. The van der Waals surface area contributed by atoms with Crippen LogP contribution in [0.25, 0.3) is 11.1 Å². The number of alkyl halides is 4. The molecule has 0 nitrogen and oxygen atoms in total. The second-order valence-corrected chi connectivity index (χ2v) is 4.72. The van der Waals surface area contributed by atoms with Crippen molar-refractivity contribution in [1.82, 2.24) is 0 Å². The second-order valence-electron chi connectivity index (χ2n) is 4.46. The van der Waals surface area contributed by atoms with Crippen molar-refractivity contribution in [3.8, 4) is 11.1 Å². The van der Waals surface area contributed by atoms with Crippen LogP contribution in [-0.2, 0) is 12.1 Å². The van der Waals surface area contributed by atoms with Crippen molar-refractivity contribution in [3.05, 3.63) is 58.4 Å². The second kappa shape index (κ2) is 5.99. The number of hydrogen-bond donors (Lipinski definition) is 0. The third-order valence-corrected chi connectivity index (χ3v) is 3.33. The van der Waals surface area contributed by atoms with Crippen LogP contribution in [0.1, 0.15) is 11.1 Å². The first-order valence-electron chi connectivity index (χ1n) is 5.87. The molecule has 9 heteroatoms. The predicted molar refractivity (Wildman–Crippen MR) is 66.2 cm³/mol. The fourth-order valence-corrected chi connectivity index (χ4v) is 2.13. The number of rotatable bonds is 2. The Morgan fingerprint density at radius 2 is 1.26 bits per heavy atom. The summed E-state index contributed by atoms with van der Waals surface area (Å²) in [6.45, 7) is 0. The molecular weight excluding hydrogens is 356 g/mol. The van der Waals surface area contributed by atoms with Crippen LogP contribution in [0.2, 0.25) is 0 Å². The van der Waals surface area contributed by atoms with E-state index in [1.165, 1.54) is 0 Å². The monoisotopic (exact) mass is 360 g/mol. The van der Waals surface area contributed by atoms with Crippen molar-refractivity contribution in [2.24, 2.45) is 0 Å². The lowest BCUT2D eigenvalue weighted by Gasteiger charge is -2.16. The zero-order valence-corrected chi connectivity index (χ0v) is 11.6. The third kappa shape index (κ3) is 2.99. The summed E-state index contributed by atoms with van der Waals surface area (Å²) in [5, 5.41) is 0. The van der Waals surface area contributed by atoms with Crippen LogP contribution in [0, 0.1) is 29.1 Å². The van der Waals surface area contributed by atoms with Crippen molar-refractivity contribution in [3.63, 3.8) is 0 Å². The first kappa shape index (κ1) is 17.5. The Labute approximate surface area is 129 Å². The molecule has 0 unspecified atom stereocenters. The van der Waals surface area contributed by atoms with Crippen molar-refractivity contribution < 1.29 is 35.1 Å². The van der Waals surface area contributed by atoms with E-state index in [1.807, 2.05) is 0 Å². The van der Waals surface area contributed by atoms with Crippen molar-refractivity contribution >= 4 is 11.6 Å². The maximum atomic E-state index is 13.7. The molecular formula is C14H5ClF8. The van der Waals surface area contributed by atoms with E-state index in [9.17, 15) is 35.1 Å². The van der Waals surface area contributed by atoms with Crippen molar-refractivity contribution in [2.75, 3.05) is 0 Å². The van der Waals surface area contributed by atoms with Gasteiger partial charge in [-0.1, -0.05) is 12.1 Å². The molecule has 0 saturated heterocycles. The molecule has 0 fully saturated rings. The van der Waals surface area contributed by atoms with Crippen LogP contribution in [0.4, 0.5) is 35.1 Å². The maximum absolute atomic E-state index is 13.7. The highest BCUT2D eigenvalue weighted by Crippen LogP contribution is 2.41. The van der Waals surface area contributed by atoms with Gasteiger partial charge in [-0.05, 0) is 17.2 Å². The van der Waals surface area contributed by atoms with E-state index >= 15 is 0 Å². The molecule has 2 aromatic rings. The minimum atomic E-state index is -5.09. The van der Waals surface area contributed by atoms with Gasteiger partial charge in [-0.2, -0.15) is 13.2 Å². The largest absolute Gasteiger partial charge is 0.417 e. The van der Waals surface area contributed by atoms with Gasteiger partial charge in [0.1, 0.15) is 0 Å². The smallest absolute Gasteiger partial charge is 0.203 e.